The molecule has 0 bridgehead atoms. The number of anilines is 3. The lowest BCUT2D eigenvalue weighted by atomic mass is 10.1. The summed E-state index contributed by atoms with van der Waals surface area (Å²) >= 11 is 3.16. The number of thiazole rings is 2. The maximum Gasteiger partial charge on any atom is 0.419 e. The first-order chi connectivity index (χ1) is 20.5. The first-order valence-electron chi connectivity index (χ1n) is 13.1. The number of nitrogens with one attached hydrogen (secondary N) is 1. The highest BCUT2D eigenvalue weighted by Gasteiger charge is 2.32. The van der Waals surface area contributed by atoms with Gasteiger partial charge in [0.05, 0.1) is 26.8 Å². The molecule has 1 aliphatic heterocycles. The highest BCUT2D eigenvalue weighted by molar-refractivity contribution is 7.16. The van der Waals surface area contributed by atoms with Crippen LogP contribution in [0.2, 0.25) is 0 Å². The van der Waals surface area contributed by atoms with Crippen molar-refractivity contribution in [3.05, 3.63) is 57.9 Å². The molecule has 16 heteroatoms. The number of pyridine rings is 1. The standard InChI is InChI=1S/C14H12N4OS2.C12H17F3N4.CH3NO/c1-8-13(21-9(2)16-8)11-7-20-14(17-11)18-12-4-3-10(6-19)5-15-12;1-3-10-8-19(5-4-18(10)2)11-16-6-9(7-17-11)12(13,14)15;2-1-3/h3-7H,1-2H3,(H,15,17,18);6-7,10H,3-5,8H2,1-2H3;1H,(H2,2,3). The summed E-state index contributed by atoms with van der Waals surface area (Å²) in [5, 5.41) is 6.94. The van der Waals surface area contributed by atoms with E-state index in [0.29, 0.717) is 23.4 Å². The third-order valence-electron chi connectivity index (χ3n) is 6.29. The fraction of sp³-hybridized carbons (Fsp3) is 0.370. The highest BCUT2D eigenvalue weighted by atomic mass is 32.1. The number of carbonyl (C=O) groups excluding carboxylic acids is 2. The van der Waals surface area contributed by atoms with Crippen molar-refractivity contribution >= 4 is 52.3 Å². The van der Waals surface area contributed by atoms with E-state index in [1.54, 1.807) is 23.5 Å². The number of rotatable bonds is 6. The first-order valence-corrected chi connectivity index (χ1v) is 14.8. The van der Waals surface area contributed by atoms with Crippen LogP contribution in [0.15, 0.2) is 36.1 Å². The largest absolute Gasteiger partial charge is 0.419 e. The van der Waals surface area contributed by atoms with E-state index in [0.717, 1.165) is 71.1 Å². The molecule has 230 valence electrons. The Morgan fingerprint density at radius 1 is 1.09 bits per heavy atom. The van der Waals surface area contributed by atoms with Crippen molar-refractivity contribution in [1.82, 2.24) is 29.8 Å². The molecule has 5 heterocycles. The SMILES string of the molecule is CCC1CN(c2ncc(C(F)(F)F)cn2)CCN1C.Cc1nc(C)c(-c2csc(Nc3ccc(C=O)cn3)n2)s1.NC=O. The zero-order valence-corrected chi connectivity index (χ0v) is 25.6. The molecule has 3 N–H and O–H groups in total. The number of nitrogens with two attached hydrogens (primary N) is 1. The molecule has 0 spiro atoms. The van der Waals surface area contributed by atoms with Crippen LogP contribution in [0.3, 0.4) is 0 Å². The number of carbonyl (C=O) groups is 2. The average Bonchev–Trinajstić information content (AvgIpc) is 3.59. The molecule has 4 aromatic heterocycles. The molecule has 5 rings (SSSR count). The quantitative estimate of drug-likeness (QED) is 0.279. The van der Waals surface area contributed by atoms with Crippen molar-refractivity contribution in [3.63, 3.8) is 0 Å². The van der Waals surface area contributed by atoms with Gasteiger partial charge in [-0.2, -0.15) is 13.2 Å². The maximum atomic E-state index is 12.4. The van der Waals surface area contributed by atoms with Gasteiger partial charge < -0.3 is 16.0 Å². The third kappa shape index (κ3) is 9.49. The van der Waals surface area contributed by atoms with Gasteiger partial charge in [0.25, 0.3) is 0 Å². The van der Waals surface area contributed by atoms with E-state index < -0.39 is 11.7 Å². The first kappa shape index (κ1) is 33.5. The molecule has 1 amide bonds. The fourth-order valence-corrected chi connectivity index (χ4v) is 5.73. The monoisotopic (exact) mass is 635 g/mol. The van der Waals surface area contributed by atoms with Crippen LogP contribution in [0.5, 0.6) is 0 Å². The topological polar surface area (TPSA) is 143 Å². The van der Waals surface area contributed by atoms with E-state index in [1.165, 1.54) is 17.5 Å². The molecular weight excluding hydrogens is 603 g/mol. The number of nitrogens with zero attached hydrogens (tertiary/aromatic N) is 7. The van der Waals surface area contributed by atoms with Crippen LogP contribution in [0.4, 0.5) is 30.1 Å². The average molecular weight is 636 g/mol. The third-order valence-corrected chi connectivity index (χ3v) is 8.15. The summed E-state index contributed by atoms with van der Waals surface area (Å²) < 4.78 is 37.3. The van der Waals surface area contributed by atoms with Gasteiger partial charge in [-0.15, -0.1) is 22.7 Å². The Labute approximate surface area is 255 Å². The summed E-state index contributed by atoms with van der Waals surface area (Å²) in [5.74, 6) is 1.04. The molecule has 1 aliphatic rings. The highest BCUT2D eigenvalue weighted by Crippen LogP contribution is 2.33. The number of aromatic nitrogens is 5. The van der Waals surface area contributed by atoms with Crippen molar-refractivity contribution in [2.24, 2.45) is 5.73 Å². The lowest BCUT2D eigenvalue weighted by molar-refractivity contribution is -0.138. The second-order valence-electron chi connectivity index (χ2n) is 9.30. The maximum absolute atomic E-state index is 12.4. The second kappa shape index (κ2) is 15.5. The van der Waals surface area contributed by atoms with Gasteiger partial charge in [0.1, 0.15) is 5.82 Å². The van der Waals surface area contributed by atoms with Crippen LogP contribution in [0.1, 0.15) is 40.0 Å². The van der Waals surface area contributed by atoms with E-state index in [4.69, 9.17) is 4.79 Å². The summed E-state index contributed by atoms with van der Waals surface area (Å²) in [6.45, 7) is 8.42. The van der Waals surface area contributed by atoms with Gasteiger partial charge in [0, 0.05) is 55.2 Å². The molecule has 4 aromatic rings. The van der Waals surface area contributed by atoms with Gasteiger partial charge in [-0.3, -0.25) is 14.5 Å². The summed E-state index contributed by atoms with van der Waals surface area (Å²) in [5.41, 5.74) is 5.84. The van der Waals surface area contributed by atoms with Crippen molar-refractivity contribution in [1.29, 1.82) is 0 Å². The normalized spacial score (nSPS) is 15.0. The minimum atomic E-state index is -4.38. The summed E-state index contributed by atoms with van der Waals surface area (Å²) in [4.78, 5) is 45.3. The predicted molar refractivity (Wildman–Crippen MR) is 162 cm³/mol. The molecular formula is C27H32F3N9O2S2. The van der Waals surface area contributed by atoms with Crippen LogP contribution in [0.25, 0.3) is 10.6 Å². The molecule has 1 unspecified atom stereocenters. The number of alkyl halides is 3. The molecule has 1 atom stereocenters. The molecule has 11 nitrogen and oxygen atoms in total. The molecule has 1 fully saturated rings. The summed E-state index contributed by atoms with van der Waals surface area (Å²) in [6, 6.07) is 3.86. The van der Waals surface area contributed by atoms with Crippen LogP contribution >= 0.6 is 22.7 Å². The minimum Gasteiger partial charge on any atom is -0.372 e. The number of primary amides is 1. The zero-order chi connectivity index (χ0) is 31.6. The van der Waals surface area contributed by atoms with E-state index in [-0.39, 0.29) is 6.41 Å². The van der Waals surface area contributed by atoms with E-state index in [2.05, 4.69) is 54.8 Å². The zero-order valence-electron chi connectivity index (χ0n) is 24.0. The number of aldehydes is 1. The van der Waals surface area contributed by atoms with E-state index >= 15 is 0 Å². The van der Waals surface area contributed by atoms with Crippen LogP contribution in [-0.4, -0.2) is 75.2 Å². The van der Waals surface area contributed by atoms with Gasteiger partial charge in [-0.25, -0.2) is 24.9 Å². The number of piperazine rings is 1. The number of amides is 1. The van der Waals surface area contributed by atoms with Gasteiger partial charge in [-0.05, 0) is 39.4 Å². The predicted octanol–water partition coefficient (Wildman–Crippen LogP) is 4.96. The molecule has 0 aliphatic carbocycles. The Hall–Kier alpha value is -4.02. The lowest BCUT2D eigenvalue weighted by Crippen LogP contribution is -2.51. The summed E-state index contributed by atoms with van der Waals surface area (Å²) in [6.07, 6.45) is 0.858. The molecule has 1 saturated heterocycles. The van der Waals surface area contributed by atoms with Crippen molar-refractivity contribution in [2.45, 2.75) is 39.4 Å². The lowest BCUT2D eigenvalue weighted by Gasteiger charge is -2.39. The van der Waals surface area contributed by atoms with Gasteiger partial charge in [0.15, 0.2) is 11.4 Å². The van der Waals surface area contributed by atoms with Crippen LogP contribution in [-0.2, 0) is 11.0 Å². The number of hydrogen-bond donors (Lipinski definition) is 2. The number of hydrogen-bond acceptors (Lipinski definition) is 12. The van der Waals surface area contributed by atoms with Gasteiger partial charge in [0.2, 0.25) is 12.4 Å². The van der Waals surface area contributed by atoms with Gasteiger partial charge >= 0.3 is 6.18 Å². The number of aryl methyl sites for hydroxylation is 2. The van der Waals surface area contributed by atoms with Crippen molar-refractivity contribution < 1.29 is 22.8 Å². The van der Waals surface area contributed by atoms with Crippen LogP contribution in [0, 0.1) is 13.8 Å². The molecule has 43 heavy (non-hydrogen) atoms. The number of halogens is 3. The Balaban J connectivity index is 0.000000217. The molecule has 0 radical (unpaired) electrons. The second-order valence-corrected chi connectivity index (χ2v) is 11.4. The smallest absolute Gasteiger partial charge is 0.372 e. The Morgan fingerprint density at radius 2 is 1.79 bits per heavy atom. The number of likely N-dealkylation sites (N-methyl/N-ethyl adjacent to an activating group) is 1. The van der Waals surface area contributed by atoms with E-state index in [9.17, 15) is 18.0 Å². The van der Waals surface area contributed by atoms with E-state index in [1.807, 2.05) is 24.1 Å². The molecule has 0 saturated carbocycles. The van der Waals surface area contributed by atoms with Gasteiger partial charge in [-0.1, -0.05) is 6.92 Å². The molecule has 0 aromatic carbocycles. The van der Waals surface area contributed by atoms with Crippen molar-refractivity contribution in [3.8, 4) is 10.6 Å². The Bertz CT molecular complexity index is 1460. The minimum absolute atomic E-state index is 0.250. The fourth-order valence-electron chi connectivity index (χ4n) is 4.06. The van der Waals surface area contributed by atoms with Crippen LogP contribution < -0.4 is 16.0 Å². The van der Waals surface area contributed by atoms with Crippen molar-refractivity contribution in [2.75, 3.05) is 36.9 Å². The Morgan fingerprint density at radius 3 is 2.33 bits per heavy atom. The Kier molecular flexibility index (Phi) is 12.0. The summed E-state index contributed by atoms with van der Waals surface area (Å²) in [7, 11) is 2.05.